The molecule has 1 aliphatic rings. The molecule has 108 valence electrons. The number of benzene rings is 1. The van der Waals surface area contributed by atoms with Crippen LogP contribution in [0, 0.1) is 16.0 Å². The Labute approximate surface area is 121 Å². The number of nitro groups is 1. The number of halogens is 1. The van der Waals surface area contributed by atoms with Crippen LogP contribution in [0.3, 0.4) is 0 Å². The number of hydrogen-bond donors (Lipinski definition) is 2. The van der Waals surface area contributed by atoms with Crippen molar-refractivity contribution >= 4 is 28.9 Å². The first-order chi connectivity index (χ1) is 9.49. The largest absolute Gasteiger partial charge is 0.376 e. The number of nitrogens with two attached hydrogens (primary N) is 1. The van der Waals surface area contributed by atoms with Crippen molar-refractivity contribution in [2.45, 2.75) is 31.7 Å². The highest BCUT2D eigenvalue weighted by molar-refractivity contribution is 6.33. The lowest BCUT2D eigenvalue weighted by molar-refractivity contribution is -0.384. The fraction of sp³-hybridized carbons (Fsp3) is 0.462. The van der Waals surface area contributed by atoms with Crippen molar-refractivity contribution in [2.24, 2.45) is 11.7 Å². The Balaban J connectivity index is 2.08. The molecule has 1 aliphatic carbocycles. The van der Waals surface area contributed by atoms with E-state index < -0.39 is 4.92 Å². The van der Waals surface area contributed by atoms with Gasteiger partial charge in [-0.25, -0.2) is 0 Å². The summed E-state index contributed by atoms with van der Waals surface area (Å²) in [7, 11) is 0. The van der Waals surface area contributed by atoms with Crippen LogP contribution in [-0.4, -0.2) is 16.9 Å². The van der Waals surface area contributed by atoms with Gasteiger partial charge in [-0.05, 0) is 31.7 Å². The van der Waals surface area contributed by atoms with Crippen LogP contribution in [0.1, 0.15) is 25.7 Å². The van der Waals surface area contributed by atoms with Gasteiger partial charge in [0.15, 0.2) is 0 Å². The van der Waals surface area contributed by atoms with Gasteiger partial charge in [-0.2, -0.15) is 0 Å². The van der Waals surface area contributed by atoms with E-state index in [2.05, 4.69) is 5.32 Å². The summed E-state index contributed by atoms with van der Waals surface area (Å²) in [6.07, 6.45) is 2.89. The number of primary amides is 1. The standard InChI is InChI=1S/C13H16ClN3O3/c14-10-2-1-3-11(17(19)20)12(10)16-9-6-4-8(5-7-9)13(15)18/h1-3,8-9,16H,4-7H2,(H2,15,18). The number of hydrogen-bond acceptors (Lipinski definition) is 4. The van der Waals surface area contributed by atoms with Crippen molar-refractivity contribution < 1.29 is 9.72 Å². The van der Waals surface area contributed by atoms with Gasteiger partial charge in [0, 0.05) is 18.0 Å². The maximum Gasteiger partial charge on any atom is 0.293 e. The number of rotatable bonds is 4. The Morgan fingerprint density at radius 3 is 2.55 bits per heavy atom. The third-order valence-electron chi connectivity index (χ3n) is 3.67. The average Bonchev–Trinajstić information content (AvgIpc) is 2.41. The van der Waals surface area contributed by atoms with Crippen LogP contribution < -0.4 is 11.1 Å². The average molecular weight is 298 g/mol. The molecule has 0 bridgehead atoms. The first-order valence-electron chi connectivity index (χ1n) is 6.47. The summed E-state index contributed by atoms with van der Waals surface area (Å²) in [5.74, 6) is -0.360. The van der Waals surface area contributed by atoms with E-state index in [4.69, 9.17) is 17.3 Å². The SMILES string of the molecule is NC(=O)C1CCC(Nc2c(Cl)cccc2[N+](=O)[O-])CC1. The molecule has 0 unspecified atom stereocenters. The summed E-state index contributed by atoms with van der Waals surface area (Å²) in [6, 6.07) is 4.66. The molecule has 1 fully saturated rings. The second-order valence-corrected chi connectivity index (χ2v) is 5.39. The molecule has 1 amide bonds. The lowest BCUT2D eigenvalue weighted by atomic mass is 9.85. The molecule has 6 nitrogen and oxygen atoms in total. The number of carbonyl (C=O) groups is 1. The quantitative estimate of drug-likeness (QED) is 0.659. The molecule has 1 saturated carbocycles. The maximum absolute atomic E-state index is 11.1. The molecular formula is C13H16ClN3O3. The number of nitro benzene ring substituents is 1. The smallest absolute Gasteiger partial charge is 0.293 e. The van der Waals surface area contributed by atoms with Crippen molar-refractivity contribution in [3.8, 4) is 0 Å². The van der Waals surface area contributed by atoms with Crippen molar-refractivity contribution in [2.75, 3.05) is 5.32 Å². The molecule has 0 radical (unpaired) electrons. The summed E-state index contributed by atoms with van der Waals surface area (Å²) in [5.41, 5.74) is 5.60. The first-order valence-corrected chi connectivity index (χ1v) is 6.85. The number of anilines is 1. The van der Waals surface area contributed by atoms with Gasteiger partial charge < -0.3 is 11.1 Å². The van der Waals surface area contributed by atoms with Crippen molar-refractivity contribution in [3.05, 3.63) is 33.3 Å². The highest BCUT2D eigenvalue weighted by Gasteiger charge is 2.26. The molecule has 3 N–H and O–H groups in total. The van der Waals surface area contributed by atoms with E-state index in [1.54, 1.807) is 12.1 Å². The lowest BCUT2D eigenvalue weighted by Crippen LogP contribution is -2.32. The number of amides is 1. The molecule has 0 atom stereocenters. The van der Waals surface area contributed by atoms with Crippen molar-refractivity contribution in [1.29, 1.82) is 0 Å². The summed E-state index contributed by atoms with van der Waals surface area (Å²) >= 11 is 6.03. The number of carbonyl (C=O) groups excluding carboxylic acids is 1. The highest BCUT2D eigenvalue weighted by Crippen LogP contribution is 2.35. The van der Waals surface area contributed by atoms with Gasteiger partial charge >= 0.3 is 0 Å². The van der Waals surface area contributed by atoms with Crippen molar-refractivity contribution in [3.63, 3.8) is 0 Å². The third kappa shape index (κ3) is 3.19. The van der Waals surface area contributed by atoms with E-state index in [-0.39, 0.29) is 23.6 Å². The van der Waals surface area contributed by atoms with Crippen LogP contribution in [0.5, 0.6) is 0 Å². The molecule has 0 aromatic heterocycles. The van der Waals surface area contributed by atoms with E-state index in [9.17, 15) is 14.9 Å². The second-order valence-electron chi connectivity index (χ2n) is 4.99. The zero-order valence-corrected chi connectivity index (χ0v) is 11.6. The molecule has 7 heteroatoms. The lowest BCUT2D eigenvalue weighted by Gasteiger charge is -2.28. The molecule has 0 aliphatic heterocycles. The summed E-state index contributed by atoms with van der Waals surface area (Å²) in [5, 5.41) is 14.5. The minimum absolute atomic E-state index is 0.0328. The number of nitrogens with one attached hydrogen (secondary N) is 1. The molecule has 0 spiro atoms. The van der Waals surface area contributed by atoms with Gasteiger partial charge in [-0.15, -0.1) is 0 Å². The zero-order valence-electron chi connectivity index (χ0n) is 10.8. The van der Waals surface area contributed by atoms with Crippen LogP contribution >= 0.6 is 11.6 Å². The van der Waals surface area contributed by atoms with E-state index >= 15 is 0 Å². The highest BCUT2D eigenvalue weighted by atomic mass is 35.5. The summed E-state index contributed by atoms with van der Waals surface area (Å²) < 4.78 is 0. The second kappa shape index (κ2) is 6.09. The maximum atomic E-state index is 11.1. The van der Waals surface area contributed by atoms with E-state index in [1.165, 1.54) is 6.07 Å². The van der Waals surface area contributed by atoms with Crippen LogP contribution in [-0.2, 0) is 4.79 Å². The van der Waals surface area contributed by atoms with Gasteiger partial charge in [-0.3, -0.25) is 14.9 Å². The van der Waals surface area contributed by atoms with Crippen LogP contribution in [0.2, 0.25) is 5.02 Å². The molecule has 0 heterocycles. The minimum Gasteiger partial charge on any atom is -0.376 e. The molecule has 1 aromatic carbocycles. The van der Waals surface area contributed by atoms with Crippen LogP contribution in [0.25, 0.3) is 0 Å². The monoisotopic (exact) mass is 297 g/mol. The van der Waals surface area contributed by atoms with Crippen molar-refractivity contribution in [1.82, 2.24) is 0 Å². The molecule has 20 heavy (non-hydrogen) atoms. The predicted molar refractivity (Wildman–Crippen MR) is 76.7 cm³/mol. The topological polar surface area (TPSA) is 98.3 Å². The normalized spacial score (nSPS) is 22.2. The van der Waals surface area contributed by atoms with Gasteiger partial charge in [0.05, 0.1) is 9.95 Å². The zero-order chi connectivity index (χ0) is 14.7. The third-order valence-corrected chi connectivity index (χ3v) is 3.98. The fourth-order valence-corrected chi connectivity index (χ4v) is 2.76. The van der Waals surface area contributed by atoms with Gasteiger partial charge in [0.2, 0.25) is 5.91 Å². The Morgan fingerprint density at radius 2 is 2.00 bits per heavy atom. The number of para-hydroxylation sites is 1. The molecular weight excluding hydrogens is 282 g/mol. The Morgan fingerprint density at radius 1 is 1.35 bits per heavy atom. The fourth-order valence-electron chi connectivity index (χ4n) is 2.53. The summed E-state index contributed by atoms with van der Waals surface area (Å²) in [6.45, 7) is 0. The van der Waals surface area contributed by atoms with E-state index in [0.29, 0.717) is 23.6 Å². The first kappa shape index (κ1) is 14.6. The Kier molecular flexibility index (Phi) is 4.44. The summed E-state index contributed by atoms with van der Waals surface area (Å²) in [4.78, 5) is 21.7. The van der Waals surface area contributed by atoms with Crippen LogP contribution in [0.4, 0.5) is 11.4 Å². The Hall–Kier alpha value is -1.82. The van der Waals surface area contributed by atoms with Gasteiger partial charge in [-0.1, -0.05) is 17.7 Å². The molecule has 0 saturated heterocycles. The number of nitrogens with zero attached hydrogens (tertiary/aromatic N) is 1. The predicted octanol–water partition coefficient (Wildman–Crippen LogP) is 2.70. The Bertz CT molecular complexity index is 528. The van der Waals surface area contributed by atoms with Crippen LogP contribution in [0.15, 0.2) is 18.2 Å². The van der Waals surface area contributed by atoms with Gasteiger partial charge in [0.1, 0.15) is 5.69 Å². The molecule has 1 aromatic rings. The molecule has 2 rings (SSSR count). The van der Waals surface area contributed by atoms with E-state index in [1.807, 2.05) is 0 Å². The van der Waals surface area contributed by atoms with Gasteiger partial charge in [0.25, 0.3) is 5.69 Å². The van der Waals surface area contributed by atoms with E-state index in [0.717, 1.165) is 12.8 Å². The minimum atomic E-state index is -0.455.